The van der Waals surface area contributed by atoms with E-state index in [0.29, 0.717) is 19.3 Å². The summed E-state index contributed by atoms with van der Waals surface area (Å²) in [6.45, 7) is 0.266. The molecule has 108 valence electrons. The average molecular weight is 290 g/mol. The molecule has 1 heterocycles. The summed E-state index contributed by atoms with van der Waals surface area (Å²) in [5.41, 5.74) is 0. The minimum Gasteiger partial charge on any atom is -0.481 e. The van der Waals surface area contributed by atoms with Gasteiger partial charge in [0.15, 0.2) is 5.82 Å². The molecule has 8 nitrogen and oxygen atoms in total. The number of hydrogen-bond donors (Lipinski definition) is 3. The molecule has 0 aliphatic carbocycles. The lowest BCUT2D eigenvalue weighted by Gasteiger charge is -2.06. The summed E-state index contributed by atoms with van der Waals surface area (Å²) in [4.78, 5) is 14.1. The number of imidazole rings is 1. The summed E-state index contributed by atoms with van der Waals surface area (Å²) in [6.07, 6.45) is 4.95. The fourth-order valence-corrected chi connectivity index (χ4v) is 2.29. The predicted molar refractivity (Wildman–Crippen MR) is 69.9 cm³/mol. The zero-order valence-corrected chi connectivity index (χ0v) is 11.5. The van der Waals surface area contributed by atoms with Gasteiger partial charge in [-0.3, -0.25) is 9.52 Å². The molecule has 1 aromatic rings. The van der Waals surface area contributed by atoms with Gasteiger partial charge in [0, 0.05) is 26.2 Å². The molecule has 3 N–H and O–H groups in total. The molecule has 0 aliphatic rings. The number of carboxylic acid groups (broad SMARTS) is 1. The van der Waals surface area contributed by atoms with Crippen molar-refractivity contribution in [1.29, 1.82) is 0 Å². The number of carboxylic acids is 1. The number of hydrogen-bond acceptors (Lipinski definition) is 4. The first-order valence-corrected chi connectivity index (χ1v) is 7.34. The van der Waals surface area contributed by atoms with Crippen LogP contribution in [0.25, 0.3) is 0 Å². The van der Waals surface area contributed by atoms with E-state index in [9.17, 15) is 13.2 Å². The van der Waals surface area contributed by atoms with Crippen molar-refractivity contribution < 1.29 is 18.3 Å². The standard InChI is InChI=1S/C10H18N4O4S/c1-14-7-9(11-8-14)13-19(17,18)12-6-4-2-3-5-10(15)16/h7-8,12-13H,2-6H2,1H3,(H,15,16). The number of carbonyl (C=O) groups is 1. The van der Waals surface area contributed by atoms with Crippen LogP contribution in [0.2, 0.25) is 0 Å². The van der Waals surface area contributed by atoms with Crippen LogP contribution in [0.1, 0.15) is 25.7 Å². The zero-order valence-electron chi connectivity index (χ0n) is 10.7. The highest BCUT2D eigenvalue weighted by molar-refractivity contribution is 7.90. The van der Waals surface area contributed by atoms with Gasteiger partial charge in [0.25, 0.3) is 10.2 Å². The Kier molecular flexibility index (Phi) is 5.77. The van der Waals surface area contributed by atoms with Crippen molar-refractivity contribution in [3.8, 4) is 0 Å². The molecule has 1 aromatic heterocycles. The molecular weight excluding hydrogens is 272 g/mol. The maximum atomic E-state index is 11.6. The van der Waals surface area contributed by atoms with Crippen molar-refractivity contribution in [1.82, 2.24) is 14.3 Å². The van der Waals surface area contributed by atoms with E-state index in [2.05, 4.69) is 14.4 Å². The van der Waals surface area contributed by atoms with E-state index in [0.717, 1.165) is 0 Å². The zero-order chi connectivity index (χ0) is 14.3. The van der Waals surface area contributed by atoms with Gasteiger partial charge in [0.1, 0.15) is 0 Å². The normalized spacial score (nSPS) is 11.4. The maximum absolute atomic E-state index is 11.6. The Balaban J connectivity index is 2.22. The molecule has 0 aliphatic heterocycles. The summed E-state index contributed by atoms with van der Waals surface area (Å²) in [5, 5.41) is 8.43. The van der Waals surface area contributed by atoms with Crippen LogP contribution in [0, 0.1) is 0 Å². The Morgan fingerprint density at radius 3 is 2.74 bits per heavy atom. The topological polar surface area (TPSA) is 113 Å². The van der Waals surface area contributed by atoms with Gasteiger partial charge in [-0.05, 0) is 12.8 Å². The summed E-state index contributed by atoms with van der Waals surface area (Å²) in [5.74, 6) is -0.585. The van der Waals surface area contributed by atoms with E-state index in [1.807, 2.05) is 0 Å². The predicted octanol–water partition coefficient (Wildman–Crippen LogP) is 0.311. The third-order valence-corrected chi connectivity index (χ3v) is 3.37. The van der Waals surface area contributed by atoms with E-state index in [1.165, 1.54) is 6.33 Å². The second-order valence-corrected chi connectivity index (χ2v) is 5.63. The molecule has 0 unspecified atom stereocenters. The molecule has 0 saturated heterocycles. The highest BCUT2D eigenvalue weighted by atomic mass is 32.2. The summed E-state index contributed by atoms with van der Waals surface area (Å²) < 4.78 is 29.5. The lowest BCUT2D eigenvalue weighted by molar-refractivity contribution is -0.137. The van der Waals surface area contributed by atoms with Gasteiger partial charge in [-0.15, -0.1) is 0 Å². The largest absolute Gasteiger partial charge is 0.481 e. The van der Waals surface area contributed by atoms with Crippen molar-refractivity contribution >= 4 is 22.0 Å². The second-order valence-electron chi connectivity index (χ2n) is 4.13. The summed E-state index contributed by atoms with van der Waals surface area (Å²) in [7, 11) is -1.88. The highest BCUT2D eigenvalue weighted by Crippen LogP contribution is 2.03. The monoisotopic (exact) mass is 290 g/mol. The summed E-state index contributed by atoms with van der Waals surface area (Å²) in [6, 6.07) is 0. The molecule has 0 spiro atoms. The van der Waals surface area contributed by atoms with E-state index >= 15 is 0 Å². The molecule has 19 heavy (non-hydrogen) atoms. The Labute approximate surface area is 112 Å². The third-order valence-electron chi connectivity index (χ3n) is 2.30. The van der Waals surface area contributed by atoms with Gasteiger partial charge in [-0.1, -0.05) is 6.42 Å². The van der Waals surface area contributed by atoms with Crippen LogP contribution < -0.4 is 9.44 Å². The number of rotatable bonds is 9. The van der Waals surface area contributed by atoms with Gasteiger partial charge in [0.05, 0.1) is 6.33 Å². The Morgan fingerprint density at radius 2 is 2.16 bits per heavy atom. The number of aryl methyl sites for hydroxylation is 1. The van der Waals surface area contributed by atoms with Crippen LogP contribution in [-0.2, 0) is 22.1 Å². The van der Waals surface area contributed by atoms with Gasteiger partial charge >= 0.3 is 5.97 Å². The molecule has 0 saturated carbocycles. The van der Waals surface area contributed by atoms with Crippen molar-refractivity contribution in [2.24, 2.45) is 7.05 Å². The maximum Gasteiger partial charge on any atom is 0.303 e. The Bertz CT molecular complexity index is 511. The summed E-state index contributed by atoms with van der Waals surface area (Å²) >= 11 is 0. The number of aliphatic carboxylic acids is 1. The van der Waals surface area contributed by atoms with E-state index in [1.54, 1.807) is 17.8 Å². The molecule has 0 aromatic carbocycles. The number of nitrogens with zero attached hydrogens (tertiary/aromatic N) is 2. The van der Waals surface area contributed by atoms with Crippen molar-refractivity contribution in [2.75, 3.05) is 11.3 Å². The first kappa shape index (κ1) is 15.4. The van der Waals surface area contributed by atoms with Crippen LogP contribution in [0.5, 0.6) is 0 Å². The van der Waals surface area contributed by atoms with Crippen molar-refractivity contribution in [3.63, 3.8) is 0 Å². The fourth-order valence-electron chi connectivity index (χ4n) is 1.42. The highest BCUT2D eigenvalue weighted by Gasteiger charge is 2.10. The number of aromatic nitrogens is 2. The van der Waals surface area contributed by atoms with Crippen LogP contribution in [0.4, 0.5) is 5.82 Å². The molecule has 0 bridgehead atoms. The lowest BCUT2D eigenvalue weighted by atomic mass is 10.2. The number of nitrogens with one attached hydrogen (secondary N) is 2. The van der Waals surface area contributed by atoms with Gasteiger partial charge in [-0.2, -0.15) is 13.1 Å². The molecule has 0 radical (unpaired) electrons. The third kappa shape index (κ3) is 6.77. The molecule has 0 amide bonds. The first-order valence-electron chi connectivity index (χ1n) is 5.86. The minimum absolute atomic E-state index is 0.110. The number of unbranched alkanes of at least 4 members (excludes halogenated alkanes) is 2. The molecule has 1 rings (SSSR count). The van der Waals surface area contributed by atoms with Gasteiger partial charge < -0.3 is 9.67 Å². The van der Waals surface area contributed by atoms with Gasteiger partial charge in [-0.25, -0.2) is 4.98 Å². The fraction of sp³-hybridized carbons (Fsp3) is 0.600. The van der Waals surface area contributed by atoms with E-state index < -0.39 is 16.2 Å². The van der Waals surface area contributed by atoms with Crippen LogP contribution in [-0.4, -0.2) is 35.6 Å². The van der Waals surface area contributed by atoms with E-state index in [-0.39, 0.29) is 18.8 Å². The number of anilines is 1. The minimum atomic E-state index is -3.62. The molecule has 0 fully saturated rings. The molecule has 0 atom stereocenters. The SMILES string of the molecule is Cn1cnc(NS(=O)(=O)NCCCCCC(=O)O)c1. The van der Waals surface area contributed by atoms with Crippen LogP contribution in [0.15, 0.2) is 12.5 Å². The van der Waals surface area contributed by atoms with Crippen molar-refractivity contribution in [3.05, 3.63) is 12.5 Å². The molecular formula is C10H18N4O4S. The smallest absolute Gasteiger partial charge is 0.303 e. The van der Waals surface area contributed by atoms with Crippen LogP contribution >= 0.6 is 0 Å². The Morgan fingerprint density at radius 1 is 1.42 bits per heavy atom. The Hall–Kier alpha value is -1.61. The first-order chi connectivity index (χ1) is 8.89. The van der Waals surface area contributed by atoms with Crippen LogP contribution in [0.3, 0.4) is 0 Å². The second kappa shape index (κ2) is 7.10. The quantitative estimate of drug-likeness (QED) is 0.566. The molecule has 9 heteroatoms. The van der Waals surface area contributed by atoms with E-state index in [4.69, 9.17) is 5.11 Å². The van der Waals surface area contributed by atoms with Crippen molar-refractivity contribution in [2.45, 2.75) is 25.7 Å². The lowest BCUT2D eigenvalue weighted by Crippen LogP contribution is -2.31. The van der Waals surface area contributed by atoms with Gasteiger partial charge in [0.2, 0.25) is 0 Å². The average Bonchev–Trinajstić information content (AvgIpc) is 2.67.